The van der Waals surface area contributed by atoms with Crippen LogP contribution in [-0.4, -0.2) is 48.2 Å². The molecule has 2 aromatic rings. The summed E-state index contributed by atoms with van der Waals surface area (Å²) in [7, 11) is 7.90. The lowest BCUT2D eigenvalue weighted by molar-refractivity contribution is 0.385. The molecule has 0 aliphatic carbocycles. The lowest BCUT2D eigenvalue weighted by atomic mass is 9.99. The fraction of sp³-hybridized carbons (Fsp3) is 0.333. The maximum absolute atomic E-state index is 9.98. The number of phenols is 2. The SMILES string of the molecule is CN(C)Cc1cc(-c2ccc(O)c(CN(C)C)c2)ccc1O. The molecule has 0 amide bonds. The lowest BCUT2D eigenvalue weighted by Crippen LogP contribution is -2.11. The molecule has 0 atom stereocenters. The van der Waals surface area contributed by atoms with Gasteiger partial charge in [0.15, 0.2) is 0 Å². The Morgan fingerprint density at radius 1 is 0.682 bits per heavy atom. The van der Waals surface area contributed by atoms with Crippen LogP contribution in [-0.2, 0) is 13.1 Å². The Bertz CT molecular complexity index is 594. The topological polar surface area (TPSA) is 46.9 Å². The molecule has 22 heavy (non-hydrogen) atoms. The number of benzene rings is 2. The van der Waals surface area contributed by atoms with Crippen LogP contribution in [0.5, 0.6) is 11.5 Å². The molecular formula is C18H24N2O2. The number of nitrogens with zero attached hydrogens (tertiary/aromatic N) is 2. The van der Waals surface area contributed by atoms with E-state index in [0.29, 0.717) is 24.6 Å². The van der Waals surface area contributed by atoms with E-state index in [1.807, 2.05) is 62.3 Å². The van der Waals surface area contributed by atoms with Crippen molar-refractivity contribution >= 4 is 0 Å². The first-order chi connectivity index (χ1) is 10.4. The predicted octanol–water partition coefficient (Wildman–Crippen LogP) is 2.89. The Kier molecular flexibility index (Phi) is 5.06. The normalized spacial score (nSPS) is 11.4. The molecule has 0 aliphatic heterocycles. The van der Waals surface area contributed by atoms with Crippen LogP contribution in [0.15, 0.2) is 36.4 Å². The van der Waals surface area contributed by atoms with E-state index in [9.17, 15) is 10.2 Å². The van der Waals surface area contributed by atoms with Crippen molar-refractivity contribution in [3.05, 3.63) is 47.5 Å². The summed E-state index contributed by atoms with van der Waals surface area (Å²) in [5.74, 6) is 0.620. The van der Waals surface area contributed by atoms with Crippen LogP contribution in [0.2, 0.25) is 0 Å². The van der Waals surface area contributed by atoms with Crippen LogP contribution >= 0.6 is 0 Å². The molecule has 2 N–H and O–H groups in total. The molecule has 0 radical (unpaired) electrons. The van der Waals surface area contributed by atoms with Crippen molar-refractivity contribution in [1.29, 1.82) is 0 Å². The Hall–Kier alpha value is -2.04. The highest BCUT2D eigenvalue weighted by atomic mass is 16.3. The van der Waals surface area contributed by atoms with Gasteiger partial charge in [-0.3, -0.25) is 0 Å². The zero-order valence-corrected chi connectivity index (χ0v) is 13.7. The largest absolute Gasteiger partial charge is 0.508 e. The van der Waals surface area contributed by atoms with Crippen LogP contribution in [0.1, 0.15) is 11.1 Å². The summed E-state index contributed by atoms with van der Waals surface area (Å²) in [5.41, 5.74) is 3.86. The number of hydrogen-bond acceptors (Lipinski definition) is 4. The molecule has 2 rings (SSSR count). The van der Waals surface area contributed by atoms with Gasteiger partial charge in [-0.05, 0) is 63.6 Å². The van der Waals surface area contributed by atoms with Crippen LogP contribution in [0.3, 0.4) is 0 Å². The first kappa shape index (κ1) is 16.3. The minimum atomic E-state index is 0.310. The van der Waals surface area contributed by atoms with Crippen molar-refractivity contribution in [3.8, 4) is 22.6 Å². The van der Waals surface area contributed by atoms with E-state index in [1.54, 1.807) is 12.1 Å². The summed E-state index contributed by atoms with van der Waals surface area (Å²) < 4.78 is 0. The average molecular weight is 300 g/mol. The van der Waals surface area contributed by atoms with Crippen LogP contribution in [0.25, 0.3) is 11.1 Å². The molecule has 2 aromatic carbocycles. The third kappa shape index (κ3) is 4.00. The standard InChI is InChI=1S/C18H24N2O2/c1-19(2)11-15-9-13(5-7-17(15)21)14-6-8-18(22)16(10-14)12-20(3)4/h5-10,21-22H,11-12H2,1-4H3. The van der Waals surface area contributed by atoms with Crippen LogP contribution in [0.4, 0.5) is 0 Å². The summed E-state index contributed by atoms with van der Waals surface area (Å²) in [6, 6.07) is 11.3. The Balaban J connectivity index is 2.39. The second-order valence-corrected chi connectivity index (χ2v) is 6.16. The van der Waals surface area contributed by atoms with Crippen molar-refractivity contribution in [1.82, 2.24) is 9.80 Å². The maximum Gasteiger partial charge on any atom is 0.120 e. The van der Waals surface area contributed by atoms with Gasteiger partial charge >= 0.3 is 0 Å². The molecule has 0 spiro atoms. The zero-order chi connectivity index (χ0) is 16.3. The molecule has 0 unspecified atom stereocenters. The van der Waals surface area contributed by atoms with Gasteiger partial charge in [0.1, 0.15) is 11.5 Å². The van der Waals surface area contributed by atoms with Gasteiger partial charge < -0.3 is 20.0 Å². The molecule has 0 aliphatic rings. The maximum atomic E-state index is 9.98. The summed E-state index contributed by atoms with van der Waals surface area (Å²) in [6.07, 6.45) is 0. The molecule has 0 saturated carbocycles. The fourth-order valence-electron chi connectivity index (χ4n) is 2.46. The number of rotatable bonds is 5. The van der Waals surface area contributed by atoms with Gasteiger partial charge in [0, 0.05) is 24.2 Å². The molecule has 0 fully saturated rings. The molecular weight excluding hydrogens is 276 g/mol. The van der Waals surface area contributed by atoms with E-state index in [0.717, 1.165) is 22.3 Å². The quantitative estimate of drug-likeness (QED) is 0.891. The molecule has 4 heteroatoms. The molecule has 0 saturated heterocycles. The lowest BCUT2D eigenvalue weighted by Gasteiger charge is -2.15. The van der Waals surface area contributed by atoms with Gasteiger partial charge in [-0.15, -0.1) is 0 Å². The predicted molar refractivity (Wildman–Crippen MR) is 90.0 cm³/mol. The minimum Gasteiger partial charge on any atom is -0.508 e. The van der Waals surface area contributed by atoms with Gasteiger partial charge in [0.25, 0.3) is 0 Å². The molecule has 0 aromatic heterocycles. The number of phenolic OH excluding ortho intramolecular Hbond substituents is 2. The monoisotopic (exact) mass is 300 g/mol. The van der Waals surface area contributed by atoms with Gasteiger partial charge in [-0.2, -0.15) is 0 Å². The van der Waals surface area contributed by atoms with Gasteiger partial charge in [-0.1, -0.05) is 12.1 Å². The van der Waals surface area contributed by atoms with E-state index < -0.39 is 0 Å². The Morgan fingerprint density at radius 3 is 1.36 bits per heavy atom. The Morgan fingerprint density at radius 2 is 1.05 bits per heavy atom. The second kappa shape index (κ2) is 6.81. The second-order valence-electron chi connectivity index (χ2n) is 6.16. The van der Waals surface area contributed by atoms with Crippen molar-refractivity contribution in [2.75, 3.05) is 28.2 Å². The minimum absolute atomic E-state index is 0.310. The van der Waals surface area contributed by atoms with Crippen molar-refractivity contribution in [2.45, 2.75) is 13.1 Å². The fourth-order valence-corrected chi connectivity index (χ4v) is 2.46. The summed E-state index contributed by atoms with van der Waals surface area (Å²) in [4.78, 5) is 4.04. The van der Waals surface area contributed by atoms with E-state index in [1.165, 1.54) is 0 Å². The van der Waals surface area contributed by atoms with Crippen molar-refractivity contribution in [2.24, 2.45) is 0 Å². The molecule has 118 valence electrons. The van der Waals surface area contributed by atoms with Crippen LogP contribution in [0, 0.1) is 0 Å². The zero-order valence-electron chi connectivity index (χ0n) is 13.7. The molecule has 0 heterocycles. The van der Waals surface area contributed by atoms with E-state index in [2.05, 4.69) is 0 Å². The van der Waals surface area contributed by atoms with Crippen LogP contribution < -0.4 is 0 Å². The Labute approximate surface area is 132 Å². The van der Waals surface area contributed by atoms with Gasteiger partial charge in [0.05, 0.1) is 0 Å². The highest BCUT2D eigenvalue weighted by Crippen LogP contribution is 2.30. The highest BCUT2D eigenvalue weighted by Gasteiger charge is 2.09. The molecule has 4 nitrogen and oxygen atoms in total. The summed E-state index contributed by atoms with van der Waals surface area (Å²) in [6.45, 7) is 1.37. The van der Waals surface area contributed by atoms with E-state index >= 15 is 0 Å². The van der Waals surface area contributed by atoms with Crippen molar-refractivity contribution < 1.29 is 10.2 Å². The third-order valence-electron chi connectivity index (χ3n) is 3.47. The first-order valence-corrected chi connectivity index (χ1v) is 7.30. The molecule has 0 bridgehead atoms. The first-order valence-electron chi connectivity index (χ1n) is 7.30. The number of aromatic hydroxyl groups is 2. The average Bonchev–Trinajstić information content (AvgIpc) is 2.43. The van der Waals surface area contributed by atoms with Crippen molar-refractivity contribution in [3.63, 3.8) is 0 Å². The van der Waals surface area contributed by atoms with E-state index in [4.69, 9.17) is 0 Å². The smallest absolute Gasteiger partial charge is 0.120 e. The van der Waals surface area contributed by atoms with E-state index in [-0.39, 0.29) is 0 Å². The summed E-state index contributed by atoms with van der Waals surface area (Å²) >= 11 is 0. The highest BCUT2D eigenvalue weighted by molar-refractivity contribution is 5.67. The van der Waals surface area contributed by atoms with Gasteiger partial charge in [0.2, 0.25) is 0 Å². The summed E-state index contributed by atoms with van der Waals surface area (Å²) in [5, 5.41) is 20.0. The van der Waals surface area contributed by atoms with Gasteiger partial charge in [-0.25, -0.2) is 0 Å². The third-order valence-corrected chi connectivity index (χ3v) is 3.47. The number of hydrogen-bond donors (Lipinski definition) is 2.